The van der Waals surface area contributed by atoms with Crippen LogP contribution in [0, 0.1) is 0 Å². The molecule has 206 valence electrons. The van der Waals surface area contributed by atoms with Crippen LogP contribution >= 0.6 is 0 Å². The van der Waals surface area contributed by atoms with E-state index in [2.05, 4.69) is 0 Å². The zero-order valence-corrected chi connectivity index (χ0v) is 18.8. The molecule has 0 bridgehead atoms. The zero-order chi connectivity index (χ0) is 26.0. The average Bonchev–Trinajstić information content (AvgIpc) is 2.86. The van der Waals surface area contributed by atoms with Gasteiger partial charge in [-0.25, -0.2) is 0 Å². The molecule has 35 heavy (non-hydrogen) atoms. The van der Waals surface area contributed by atoms with Crippen LogP contribution in [0.5, 0.6) is 0 Å². The molecule has 3 rings (SSSR count). The minimum Gasteiger partial charge on any atom is -0.394 e. The lowest BCUT2D eigenvalue weighted by atomic mass is 9.95. The fourth-order valence-corrected chi connectivity index (χ4v) is 4.28. The Morgan fingerprint density at radius 3 is 1.60 bits per heavy atom. The standard InChI is InChI=1S/C19H35NO15/c1-30-17-8(20)11(26)15(7(4-23)33-17)34-19-14(29)16(10(25)6(3-22)32-19)35-18-13(28)12(27)9(24)5(2-21)31-18/h5-19,21-29H,2-4,20H2,1H3/t5?,6?,7?,8?,9-,10+,11?,12?,13?,14?,15-,16?,17+,18-,19?/m0/s1. The molecular weight excluding hydrogens is 482 g/mol. The summed E-state index contributed by atoms with van der Waals surface area (Å²) in [5, 5.41) is 90.8. The van der Waals surface area contributed by atoms with Crippen LogP contribution in [0.3, 0.4) is 0 Å². The third kappa shape index (κ3) is 5.78. The summed E-state index contributed by atoms with van der Waals surface area (Å²) >= 11 is 0. The highest BCUT2D eigenvalue weighted by Crippen LogP contribution is 2.32. The van der Waals surface area contributed by atoms with Crippen LogP contribution in [0.25, 0.3) is 0 Å². The van der Waals surface area contributed by atoms with Gasteiger partial charge < -0.3 is 80.1 Å². The van der Waals surface area contributed by atoms with Crippen molar-refractivity contribution >= 4 is 0 Å². The van der Waals surface area contributed by atoms with Gasteiger partial charge in [0, 0.05) is 7.11 Å². The van der Waals surface area contributed by atoms with Crippen molar-refractivity contribution in [1.29, 1.82) is 0 Å². The molecule has 15 atom stereocenters. The van der Waals surface area contributed by atoms with Crippen LogP contribution in [0.2, 0.25) is 0 Å². The monoisotopic (exact) mass is 517 g/mol. The molecule has 3 fully saturated rings. The maximum atomic E-state index is 10.9. The molecule has 0 aromatic carbocycles. The van der Waals surface area contributed by atoms with Crippen LogP contribution < -0.4 is 5.73 Å². The number of hydrogen-bond acceptors (Lipinski definition) is 16. The van der Waals surface area contributed by atoms with Gasteiger partial charge in [0.1, 0.15) is 67.1 Å². The Labute approximate surface area is 199 Å². The van der Waals surface area contributed by atoms with E-state index in [1.807, 2.05) is 0 Å². The zero-order valence-electron chi connectivity index (χ0n) is 18.8. The van der Waals surface area contributed by atoms with E-state index in [9.17, 15) is 46.0 Å². The molecule has 0 aromatic rings. The van der Waals surface area contributed by atoms with Gasteiger partial charge in [0.05, 0.1) is 25.9 Å². The van der Waals surface area contributed by atoms with Gasteiger partial charge in [0.15, 0.2) is 18.9 Å². The summed E-state index contributed by atoms with van der Waals surface area (Å²) < 4.78 is 32.3. The Kier molecular flexibility index (Phi) is 10.1. The van der Waals surface area contributed by atoms with Gasteiger partial charge in [-0.15, -0.1) is 0 Å². The van der Waals surface area contributed by atoms with Crippen LogP contribution in [0.15, 0.2) is 0 Å². The lowest BCUT2D eigenvalue weighted by Gasteiger charge is -2.48. The van der Waals surface area contributed by atoms with E-state index < -0.39 is 112 Å². The van der Waals surface area contributed by atoms with E-state index >= 15 is 0 Å². The van der Waals surface area contributed by atoms with Crippen molar-refractivity contribution in [2.24, 2.45) is 5.73 Å². The van der Waals surface area contributed by atoms with Gasteiger partial charge in [-0.05, 0) is 0 Å². The number of methoxy groups -OCH3 is 1. The Bertz CT molecular complexity index is 658. The molecule has 0 aromatic heterocycles. The number of aliphatic hydroxyl groups excluding tert-OH is 9. The SMILES string of the molecule is CO[C@@H]1OC(CO)[C@H](OC2OC(CO)[C@@H](O)C(O[C@@H]3OC(CO)[C@H](O)C(O)C3O)C2O)C(O)C1N. The van der Waals surface area contributed by atoms with E-state index in [1.54, 1.807) is 0 Å². The quantitative estimate of drug-likeness (QED) is 0.143. The Morgan fingerprint density at radius 2 is 1.06 bits per heavy atom. The van der Waals surface area contributed by atoms with E-state index in [0.717, 1.165) is 0 Å². The molecular formula is C19H35NO15. The van der Waals surface area contributed by atoms with E-state index in [0.29, 0.717) is 0 Å². The Balaban J connectivity index is 1.78. The number of aliphatic hydroxyl groups is 9. The molecule has 10 unspecified atom stereocenters. The molecule has 16 heteroatoms. The first-order valence-corrected chi connectivity index (χ1v) is 11.1. The van der Waals surface area contributed by atoms with E-state index in [-0.39, 0.29) is 0 Å². The molecule has 0 saturated carbocycles. The maximum absolute atomic E-state index is 10.9. The van der Waals surface area contributed by atoms with Crippen molar-refractivity contribution in [1.82, 2.24) is 0 Å². The van der Waals surface area contributed by atoms with Crippen LogP contribution in [0.1, 0.15) is 0 Å². The van der Waals surface area contributed by atoms with Crippen molar-refractivity contribution in [2.45, 2.75) is 92.1 Å². The summed E-state index contributed by atoms with van der Waals surface area (Å²) in [5.74, 6) is 0. The summed E-state index contributed by atoms with van der Waals surface area (Å²) in [6.45, 7) is -2.13. The van der Waals surface area contributed by atoms with Crippen molar-refractivity contribution < 1.29 is 74.4 Å². The molecule has 3 aliphatic rings. The van der Waals surface area contributed by atoms with Crippen molar-refractivity contribution in [3.05, 3.63) is 0 Å². The van der Waals surface area contributed by atoms with Gasteiger partial charge in [-0.3, -0.25) is 0 Å². The van der Waals surface area contributed by atoms with Gasteiger partial charge >= 0.3 is 0 Å². The topological polar surface area (TPSA) is 263 Å². The summed E-state index contributed by atoms with van der Waals surface area (Å²) in [5.41, 5.74) is 5.89. The van der Waals surface area contributed by atoms with E-state index in [4.69, 9.17) is 34.2 Å². The first-order chi connectivity index (χ1) is 16.6. The fraction of sp³-hybridized carbons (Fsp3) is 1.00. The van der Waals surface area contributed by atoms with E-state index in [1.165, 1.54) is 7.11 Å². The van der Waals surface area contributed by atoms with Crippen LogP contribution in [-0.2, 0) is 28.4 Å². The minimum atomic E-state index is -1.83. The molecule has 16 nitrogen and oxygen atoms in total. The highest BCUT2D eigenvalue weighted by atomic mass is 16.8. The number of rotatable bonds is 8. The highest BCUT2D eigenvalue weighted by Gasteiger charge is 2.53. The average molecular weight is 517 g/mol. The number of ether oxygens (including phenoxy) is 6. The van der Waals surface area contributed by atoms with Crippen molar-refractivity contribution in [2.75, 3.05) is 26.9 Å². The summed E-state index contributed by atoms with van der Waals surface area (Å²) in [6, 6.07) is -1.10. The first-order valence-electron chi connectivity index (χ1n) is 11.1. The molecule has 11 N–H and O–H groups in total. The fourth-order valence-electron chi connectivity index (χ4n) is 4.28. The smallest absolute Gasteiger partial charge is 0.187 e. The molecule has 0 amide bonds. The maximum Gasteiger partial charge on any atom is 0.187 e. The number of hydrogen-bond donors (Lipinski definition) is 10. The summed E-state index contributed by atoms with van der Waals surface area (Å²) in [7, 11) is 1.29. The molecule has 3 saturated heterocycles. The third-order valence-corrected chi connectivity index (χ3v) is 6.39. The first kappa shape index (κ1) is 28.9. The Morgan fingerprint density at radius 1 is 0.571 bits per heavy atom. The second kappa shape index (κ2) is 12.3. The highest BCUT2D eigenvalue weighted by molar-refractivity contribution is 4.97. The largest absolute Gasteiger partial charge is 0.394 e. The van der Waals surface area contributed by atoms with Gasteiger partial charge in [-0.1, -0.05) is 0 Å². The van der Waals surface area contributed by atoms with Gasteiger partial charge in [-0.2, -0.15) is 0 Å². The van der Waals surface area contributed by atoms with Crippen molar-refractivity contribution in [3.63, 3.8) is 0 Å². The molecule has 0 radical (unpaired) electrons. The molecule has 0 aliphatic carbocycles. The predicted octanol–water partition coefficient (Wildman–Crippen LogP) is -6.95. The number of nitrogens with two attached hydrogens (primary N) is 1. The second-order valence-corrected chi connectivity index (χ2v) is 8.63. The van der Waals surface area contributed by atoms with Gasteiger partial charge in [0.2, 0.25) is 0 Å². The molecule has 3 aliphatic heterocycles. The van der Waals surface area contributed by atoms with Crippen molar-refractivity contribution in [3.8, 4) is 0 Å². The van der Waals surface area contributed by atoms with Crippen LogP contribution in [0.4, 0.5) is 0 Å². The predicted molar refractivity (Wildman–Crippen MR) is 108 cm³/mol. The lowest BCUT2D eigenvalue weighted by molar-refractivity contribution is -0.375. The normalized spacial score (nSPS) is 51.3. The summed E-state index contributed by atoms with van der Waals surface area (Å²) in [6.07, 6.45) is -21.6. The summed E-state index contributed by atoms with van der Waals surface area (Å²) in [4.78, 5) is 0. The molecule has 3 heterocycles. The Hall–Kier alpha value is -0.640. The third-order valence-electron chi connectivity index (χ3n) is 6.39. The minimum absolute atomic E-state index is 0.631. The molecule has 0 spiro atoms. The van der Waals surface area contributed by atoms with Gasteiger partial charge in [0.25, 0.3) is 0 Å². The van der Waals surface area contributed by atoms with Crippen LogP contribution in [-0.4, -0.2) is 165 Å². The second-order valence-electron chi connectivity index (χ2n) is 8.63. The lowest BCUT2D eigenvalue weighted by Crippen LogP contribution is -2.67.